The minimum absolute atomic E-state index is 0.120. The van der Waals surface area contributed by atoms with Gasteiger partial charge in [-0.3, -0.25) is 9.59 Å². The van der Waals surface area contributed by atoms with Gasteiger partial charge in [0.15, 0.2) is 0 Å². The van der Waals surface area contributed by atoms with E-state index < -0.39 is 0 Å². The highest BCUT2D eigenvalue weighted by Crippen LogP contribution is 2.02. The van der Waals surface area contributed by atoms with Crippen molar-refractivity contribution in [3.63, 3.8) is 0 Å². The predicted molar refractivity (Wildman–Crippen MR) is 76.6 cm³/mol. The van der Waals surface area contributed by atoms with Gasteiger partial charge in [0, 0.05) is 12.6 Å². The Kier molecular flexibility index (Phi) is 6.38. The van der Waals surface area contributed by atoms with Gasteiger partial charge in [0.1, 0.15) is 5.69 Å². The Morgan fingerprint density at radius 3 is 2.70 bits per heavy atom. The van der Waals surface area contributed by atoms with Crippen LogP contribution in [0.3, 0.4) is 0 Å². The lowest BCUT2D eigenvalue weighted by Crippen LogP contribution is -2.42. The summed E-state index contributed by atoms with van der Waals surface area (Å²) >= 11 is 0. The minimum Gasteiger partial charge on any atom is -0.394 e. The van der Waals surface area contributed by atoms with Crippen molar-refractivity contribution < 1.29 is 9.90 Å². The number of nitrogens with one attached hydrogen (secondary N) is 1. The fraction of sp³-hybridized carbons (Fsp3) is 0.643. The molecular weight excluding hydrogens is 258 g/mol. The van der Waals surface area contributed by atoms with Crippen LogP contribution in [0.5, 0.6) is 0 Å². The van der Waals surface area contributed by atoms with Crippen LogP contribution in [0.2, 0.25) is 0 Å². The molecule has 0 radical (unpaired) electrons. The van der Waals surface area contributed by atoms with Crippen molar-refractivity contribution >= 4 is 5.91 Å². The number of carbonyl (C=O) groups excluding carboxylic acids is 1. The molecule has 1 atom stereocenters. The fourth-order valence-electron chi connectivity index (χ4n) is 1.70. The lowest BCUT2D eigenvalue weighted by molar-refractivity contribution is 0.0889. The summed E-state index contributed by atoms with van der Waals surface area (Å²) in [6.07, 6.45) is 1.79. The smallest absolute Gasteiger partial charge is 0.272 e. The first-order valence-corrected chi connectivity index (χ1v) is 6.99. The molecule has 0 aliphatic rings. The van der Waals surface area contributed by atoms with Gasteiger partial charge in [-0.15, -0.1) is 0 Å². The van der Waals surface area contributed by atoms with Crippen molar-refractivity contribution in [1.29, 1.82) is 0 Å². The van der Waals surface area contributed by atoms with Gasteiger partial charge in [-0.2, -0.15) is 5.10 Å². The molecular formula is C14H23N3O3. The summed E-state index contributed by atoms with van der Waals surface area (Å²) in [7, 11) is 0. The zero-order valence-corrected chi connectivity index (χ0v) is 12.3. The highest BCUT2D eigenvalue weighted by Gasteiger charge is 2.17. The first kappa shape index (κ1) is 16.4. The maximum atomic E-state index is 12.1. The number of rotatable bonds is 7. The molecule has 0 aromatic carbocycles. The highest BCUT2D eigenvalue weighted by atomic mass is 16.3. The highest BCUT2D eigenvalue weighted by molar-refractivity contribution is 5.92. The summed E-state index contributed by atoms with van der Waals surface area (Å²) in [6, 6.07) is 2.44. The molecule has 0 spiro atoms. The Morgan fingerprint density at radius 1 is 1.45 bits per heavy atom. The summed E-state index contributed by atoms with van der Waals surface area (Å²) in [4.78, 5) is 23.7. The average molecular weight is 281 g/mol. The Hall–Kier alpha value is -1.69. The quantitative estimate of drug-likeness (QED) is 0.774. The summed E-state index contributed by atoms with van der Waals surface area (Å²) in [5.74, 6) is -0.252. The molecule has 0 saturated carbocycles. The number of aliphatic hydroxyl groups is 1. The van der Waals surface area contributed by atoms with E-state index in [9.17, 15) is 14.7 Å². The average Bonchev–Trinajstić information content (AvgIpc) is 2.43. The molecule has 1 unspecified atom stereocenters. The van der Waals surface area contributed by atoms with Crippen molar-refractivity contribution in [2.45, 2.75) is 46.2 Å². The molecule has 112 valence electrons. The molecule has 0 aliphatic carbocycles. The normalized spacial score (nSPS) is 12.4. The number of aryl methyl sites for hydroxylation is 1. The summed E-state index contributed by atoms with van der Waals surface area (Å²) in [6.45, 7) is 6.23. The molecule has 6 nitrogen and oxygen atoms in total. The number of hydrogen-bond acceptors (Lipinski definition) is 4. The first-order valence-electron chi connectivity index (χ1n) is 6.99. The first-order chi connectivity index (χ1) is 9.49. The minimum atomic E-state index is -0.372. The number of nitrogens with zero attached hydrogens (tertiary/aromatic N) is 2. The lowest BCUT2D eigenvalue weighted by Gasteiger charge is -2.19. The third kappa shape index (κ3) is 4.45. The monoisotopic (exact) mass is 281 g/mol. The molecule has 1 rings (SSSR count). The van der Waals surface area contributed by atoms with Crippen LogP contribution < -0.4 is 10.9 Å². The van der Waals surface area contributed by atoms with Gasteiger partial charge < -0.3 is 10.4 Å². The van der Waals surface area contributed by atoms with Crippen molar-refractivity contribution in [2.75, 3.05) is 6.61 Å². The summed E-state index contributed by atoms with van der Waals surface area (Å²) in [5, 5.41) is 16.0. The van der Waals surface area contributed by atoms with Crippen LogP contribution in [0.4, 0.5) is 0 Å². The Balaban J connectivity index is 2.85. The number of aromatic nitrogens is 2. The van der Waals surface area contributed by atoms with Crippen LogP contribution in [0.15, 0.2) is 16.9 Å². The van der Waals surface area contributed by atoms with E-state index in [0.717, 1.165) is 12.8 Å². The van der Waals surface area contributed by atoms with Gasteiger partial charge in [-0.05, 0) is 18.4 Å². The van der Waals surface area contributed by atoms with Crippen LogP contribution in [0.25, 0.3) is 0 Å². The zero-order chi connectivity index (χ0) is 15.1. The largest absolute Gasteiger partial charge is 0.394 e. The second-order valence-electron chi connectivity index (χ2n) is 5.14. The number of amides is 1. The van der Waals surface area contributed by atoms with E-state index in [1.54, 1.807) is 0 Å². The molecule has 0 saturated heterocycles. The van der Waals surface area contributed by atoms with Gasteiger partial charge >= 0.3 is 0 Å². The number of aliphatic hydroxyl groups excluding tert-OH is 1. The maximum absolute atomic E-state index is 12.1. The van der Waals surface area contributed by atoms with Gasteiger partial charge in [-0.25, -0.2) is 4.68 Å². The molecule has 20 heavy (non-hydrogen) atoms. The van der Waals surface area contributed by atoms with E-state index in [-0.39, 0.29) is 35.7 Å². The van der Waals surface area contributed by atoms with Crippen LogP contribution in [0, 0.1) is 5.92 Å². The van der Waals surface area contributed by atoms with Gasteiger partial charge in [0.2, 0.25) is 0 Å². The van der Waals surface area contributed by atoms with Crippen LogP contribution in [-0.2, 0) is 6.54 Å². The summed E-state index contributed by atoms with van der Waals surface area (Å²) in [5.41, 5.74) is -0.0163. The van der Waals surface area contributed by atoms with Gasteiger partial charge in [0.05, 0.1) is 12.6 Å². The third-order valence-electron chi connectivity index (χ3n) is 3.14. The Morgan fingerprint density at radius 2 is 2.15 bits per heavy atom. The van der Waals surface area contributed by atoms with E-state index in [1.165, 1.54) is 16.8 Å². The standard InChI is InChI=1S/C14H23N3O3/c1-4-5-8-17-13(19)7-6-11(16-17)14(20)15-12(9-18)10(2)3/h6-7,10,12,18H,4-5,8-9H2,1-3H3,(H,15,20). The van der Waals surface area contributed by atoms with Crippen LogP contribution >= 0.6 is 0 Å². The number of hydrogen-bond donors (Lipinski definition) is 2. The van der Waals surface area contributed by atoms with E-state index in [0.29, 0.717) is 6.54 Å². The van der Waals surface area contributed by atoms with Gasteiger partial charge in [0.25, 0.3) is 11.5 Å². The molecule has 1 heterocycles. The van der Waals surface area contributed by atoms with E-state index >= 15 is 0 Å². The second kappa shape index (κ2) is 7.79. The maximum Gasteiger partial charge on any atom is 0.272 e. The Bertz CT molecular complexity index is 497. The Labute approximate surface area is 118 Å². The van der Waals surface area contributed by atoms with Crippen molar-refractivity contribution in [3.8, 4) is 0 Å². The molecule has 0 fully saturated rings. The van der Waals surface area contributed by atoms with E-state index in [4.69, 9.17) is 0 Å². The topological polar surface area (TPSA) is 84.2 Å². The molecule has 1 amide bonds. The molecule has 2 N–H and O–H groups in total. The number of carbonyl (C=O) groups is 1. The SMILES string of the molecule is CCCCn1nc(C(=O)NC(CO)C(C)C)ccc1=O. The van der Waals surface area contributed by atoms with Crippen LogP contribution in [-0.4, -0.2) is 33.4 Å². The van der Waals surface area contributed by atoms with Gasteiger partial charge in [-0.1, -0.05) is 27.2 Å². The van der Waals surface area contributed by atoms with Crippen molar-refractivity contribution in [2.24, 2.45) is 5.92 Å². The second-order valence-corrected chi connectivity index (χ2v) is 5.14. The van der Waals surface area contributed by atoms with E-state index in [2.05, 4.69) is 10.4 Å². The molecule has 1 aromatic heterocycles. The third-order valence-corrected chi connectivity index (χ3v) is 3.14. The molecule has 0 bridgehead atoms. The number of unbranched alkanes of at least 4 members (excludes halogenated alkanes) is 1. The lowest BCUT2D eigenvalue weighted by atomic mass is 10.1. The molecule has 1 aromatic rings. The van der Waals surface area contributed by atoms with Crippen LogP contribution in [0.1, 0.15) is 44.1 Å². The molecule has 6 heteroatoms. The van der Waals surface area contributed by atoms with E-state index in [1.807, 2.05) is 20.8 Å². The van der Waals surface area contributed by atoms with Crippen molar-refractivity contribution in [1.82, 2.24) is 15.1 Å². The summed E-state index contributed by atoms with van der Waals surface area (Å²) < 4.78 is 1.31. The zero-order valence-electron chi connectivity index (χ0n) is 12.3. The predicted octanol–water partition coefficient (Wildman–Crippen LogP) is 0.790. The fourth-order valence-corrected chi connectivity index (χ4v) is 1.70. The van der Waals surface area contributed by atoms with Crippen molar-refractivity contribution in [3.05, 3.63) is 28.2 Å². The molecule has 0 aliphatic heterocycles.